The lowest BCUT2D eigenvalue weighted by Crippen LogP contribution is -2.35. The van der Waals surface area contributed by atoms with E-state index in [1.807, 2.05) is 0 Å². The predicted octanol–water partition coefficient (Wildman–Crippen LogP) is 2.31. The van der Waals surface area contributed by atoms with Crippen molar-refractivity contribution in [2.75, 3.05) is 0 Å². The molecule has 0 aromatic carbocycles. The molecule has 1 nitrogen and oxygen atoms in total. The number of rotatable bonds is 2. The van der Waals surface area contributed by atoms with Gasteiger partial charge >= 0.3 is 6.98 Å². The number of aromatic nitrogens is 1. The Morgan fingerprint density at radius 2 is 1.92 bits per heavy atom. The van der Waals surface area contributed by atoms with Crippen molar-refractivity contribution in [3.63, 3.8) is 0 Å². The van der Waals surface area contributed by atoms with Crippen molar-refractivity contribution in [3.05, 3.63) is 10.4 Å². The summed E-state index contributed by atoms with van der Waals surface area (Å²) in [4.78, 5) is 2.82. The van der Waals surface area contributed by atoms with E-state index in [9.17, 15) is 21.7 Å². The highest BCUT2D eigenvalue weighted by atomic mass is 32.1. The van der Waals surface area contributed by atoms with Crippen LogP contribution in [0.15, 0.2) is 5.38 Å². The zero-order valence-electron chi connectivity index (χ0n) is 6.40. The van der Waals surface area contributed by atoms with Crippen molar-refractivity contribution in [2.45, 2.75) is 12.8 Å². The molecule has 0 aliphatic carbocycles. The second-order valence-corrected chi connectivity index (χ2v) is 3.40. The van der Waals surface area contributed by atoms with E-state index in [1.54, 1.807) is 0 Å². The van der Waals surface area contributed by atoms with E-state index < -0.39 is 23.5 Å². The molecule has 0 radical (unpaired) electrons. The first-order valence-electron chi connectivity index (χ1n) is 3.25. The van der Waals surface area contributed by atoms with Crippen molar-refractivity contribution >= 4 is 23.9 Å². The van der Waals surface area contributed by atoms with Crippen LogP contribution in [0.5, 0.6) is 0 Å². The van der Waals surface area contributed by atoms with E-state index in [-0.39, 0.29) is 0 Å². The minimum absolute atomic E-state index is 0.318. The molecule has 0 spiro atoms. The third-order valence-corrected chi connectivity index (χ3v) is 2.27. The van der Waals surface area contributed by atoms with Crippen molar-refractivity contribution < 1.29 is 21.7 Å². The molecule has 0 saturated carbocycles. The highest BCUT2D eigenvalue weighted by molar-refractivity contribution is 7.11. The molecule has 0 N–H and O–H groups in total. The van der Waals surface area contributed by atoms with Crippen LogP contribution in [0.3, 0.4) is 0 Å². The molecular formula is C5H4BF5NS-. The first-order valence-corrected chi connectivity index (χ1v) is 4.13. The Bertz CT molecular complexity index is 272. The Morgan fingerprint density at radius 1 is 1.38 bits per heavy atom. The number of hydrogen-bond donors (Lipinski definition) is 0. The minimum atomic E-state index is -5.27. The van der Waals surface area contributed by atoms with Crippen LogP contribution in [0.4, 0.5) is 21.7 Å². The second kappa shape index (κ2) is 2.93. The van der Waals surface area contributed by atoms with Gasteiger partial charge in [-0.05, 0) is 11.0 Å². The van der Waals surface area contributed by atoms with Crippen LogP contribution in [0, 0.1) is 0 Å². The second-order valence-electron chi connectivity index (χ2n) is 2.54. The summed E-state index contributed by atoms with van der Waals surface area (Å²) >= 11 is 0.318. The first-order chi connectivity index (χ1) is 5.71. The molecule has 1 aromatic heterocycles. The number of halogens is 5. The SMILES string of the molecule is CC(F)(F)c1nc([B-](F)(F)F)cs1. The largest absolute Gasteiger partial charge is 0.528 e. The Morgan fingerprint density at radius 3 is 2.15 bits per heavy atom. The van der Waals surface area contributed by atoms with Crippen molar-refractivity contribution in [1.29, 1.82) is 0 Å². The van der Waals surface area contributed by atoms with Gasteiger partial charge in [-0.2, -0.15) is 8.78 Å². The van der Waals surface area contributed by atoms with Gasteiger partial charge in [0.25, 0.3) is 5.92 Å². The maximum Gasteiger partial charge on any atom is 0.528 e. The molecule has 0 aliphatic heterocycles. The zero-order valence-corrected chi connectivity index (χ0v) is 7.22. The summed E-state index contributed by atoms with van der Waals surface area (Å²) in [6.07, 6.45) is 0. The molecule has 1 aromatic rings. The molecular weight excluding hydrogens is 212 g/mol. The normalized spacial score (nSPS) is 13.4. The third-order valence-electron chi connectivity index (χ3n) is 1.23. The Balaban J connectivity index is 3.01. The van der Waals surface area contributed by atoms with Crippen molar-refractivity contribution in [3.8, 4) is 0 Å². The van der Waals surface area contributed by atoms with E-state index in [0.29, 0.717) is 23.6 Å². The van der Waals surface area contributed by atoms with Crippen LogP contribution >= 0.6 is 11.3 Å². The number of nitrogens with zero attached hydrogens (tertiary/aromatic N) is 1. The fraction of sp³-hybridized carbons (Fsp3) is 0.400. The fourth-order valence-electron chi connectivity index (χ4n) is 0.638. The summed E-state index contributed by atoms with van der Waals surface area (Å²) in [6, 6.07) is 0. The molecule has 0 unspecified atom stereocenters. The maximum atomic E-state index is 12.4. The number of thiazole rings is 1. The number of hydrogen-bond acceptors (Lipinski definition) is 2. The predicted molar refractivity (Wildman–Crippen MR) is 40.4 cm³/mol. The van der Waals surface area contributed by atoms with Gasteiger partial charge in [0.15, 0.2) is 5.01 Å². The van der Waals surface area contributed by atoms with E-state index in [0.717, 1.165) is 0 Å². The molecule has 1 heterocycles. The average molecular weight is 216 g/mol. The lowest BCUT2D eigenvalue weighted by atomic mass is 9.87. The smallest absolute Gasteiger partial charge is 0.444 e. The Kier molecular flexibility index (Phi) is 2.35. The summed E-state index contributed by atoms with van der Waals surface area (Å²) in [5.74, 6) is -3.30. The van der Waals surface area contributed by atoms with Crippen molar-refractivity contribution in [1.82, 2.24) is 4.98 Å². The van der Waals surface area contributed by atoms with Gasteiger partial charge in [-0.15, -0.1) is 11.3 Å². The van der Waals surface area contributed by atoms with Crippen molar-refractivity contribution in [2.24, 2.45) is 0 Å². The Hall–Kier alpha value is -0.655. The summed E-state index contributed by atoms with van der Waals surface area (Å²) < 4.78 is 60.7. The van der Waals surface area contributed by atoms with Crippen LogP contribution in [0.2, 0.25) is 0 Å². The van der Waals surface area contributed by atoms with Gasteiger partial charge in [-0.3, -0.25) is 4.98 Å². The maximum absolute atomic E-state index is 12.4. The van der Waals surface area contributed by atoms with Crippen LogP contribution in [0.1, 0.15) is 11.9 Å². The molecule has 1 rings (SSSR count). The molecule has 8 heteroatoms. The van der Waals surface area contributed by atoms with Crippen LogP contribution in [0.25, 0.3) is 0 Å². The molecule has 13 heavy (non-hydrogen) atoms. The van der Waals surface area contributed by atoms with Gasteiger partial charge in [0.2, 0.25) is 0 Å². The van der Waals surface area contributed by atoms with Gasteiger partial charge in [-0.1, -0.05) is 0 Å². The summed E-state index contributed by atoms with van der Waals surface area (Å²) in [5.41, 5.74) is -1.21. The standard InChI is InChI=1S/C5H4BF5NS/c1-5(7,8)4-12-3(2-13-4)6(9,10)11/h2H,1H3/q-1. The average Bonchev–Trinajstić information content (AvgIpc) is 2.28. The van der Waals surface area contributed by atoms with E-state index in [2.05, 4.69) is 4.98 Å². The van der Waals surface area contributed by atoms with Crippen LogP contribution < -0.4 is 5.59 Å². The monoisotopic (exact) mass is 216 g/mol. The van der Waals surface area contributed by atoms with E-state index in [1.165, 1.54) is 0 Å². The lowest BCUT2D eigenvalue weighted by Gasteiger charge is -2.10. The van der Waals surface area contributed by atoms with Gasteiger partial charge in [0, 0.05) is 6.92 Å². The first kappa shape index (κ1) is 10.4. The highest BCUT2D eigenvalue weighted by Gasteiger charge is 2.33. The van der Waals surface area contributed by atoms with Gasteiger partial charge in [-0.25, -0.2) is 0 Å². The van der Waals surface area contributed by atoms with E-state index in [4.69, 9.17) is 0 Å². The molecule has 0 amide bonds. The molecule has 0 fully saturated rings. The third kappa shape index (κ3) is 2.39. The molecule has 0 saturated heterocycles. The Labute approximate surface area is 74.7 Å². The fourth-order valence-corrected chi connectivity index (χ4v) is 1.44. The topological polar surface area (TPSA) is 12.9 Å². The minimum Gasteiger partial charge on any atom is -0.444 e. The summed E-state index contributed by atoms with van der Waals surface area (Å²) in [5, 5.41) is -0.200. The molecule has 0 atom stereocenters. The summed E-state index contributed by atoms with van der Waals surface area (Å²) in [7, 11) is 0. The zero-order chi connectivity index (χ0) is 10.3. The lowest BCUT2D eigenvalue weighted by molar-refractivity contribution is 0.0173. The van der Waals surface area contributed by atoms with Gasteiger partial charge < -0.3 is 12.9 Å². The molecule has 74 valence electrons. The van der Waals surface area contributed by atoms with Crippen LogP contribution in [-0.2, 0) is 5.92 Å². The highest BCUT2D eigenvalue weighted by Crippen LogP contribution is 2.28. The quantitative estimate of drug-likeness (QED) is 0.545. The van der Waals surface area contributed by atoms with Gasteiger partial charge in [0.05, 0.1) is 0 Å². The van der Waals surface area contributed by atoms with E-state index >= 15 is 0 Å². The molecule has 0 bridgehead atoms. The molecule has 0 aliphatic rings. The summed E-state index contributed by atoms with van der Waals surface area (Å²) in [6.45, 7) is -4.76. The van der Waals surface area contributed by atoms with Crippen LogP contribution in [-0.4, -0.2) is 12.0 Å². The van der Waals surface area contributed by atoms with Gasteiger partial charge in [0.1, 0.15) is 0 Å². The number of alkyl halides is 2.